The first-order chi connectivity index (χ1) is 14.5. The first kappa shape index (κ1) is 19.3. The number of imidazole rings is 1. The molecule has 0 aliphatic heterocycles. The van der Waals surface area contributed by atoms with Crippen molar-refractivity contribution in [2.75, 3.05) is 6.54 Å². The number of carbonyl (C=O) groups is 1. The maximum atomic E-state index is 12.1. The molecule has 8 nitrogen and oxygen atoms in total. The van der Waals surface area contributed by atoms with Gasteiger partial charge in [-0.3, -0.25) is 14.6 Å². The lowest BCUT2D eigenvalue weighted by Gasteiger charge is -2.12. The Labute approximate surface area is 172 Å². The van der Waals surface area contributed by atoms with E-state index in [9.17, 15) is 9.59 Å². The maximum absolute atomic E-state index is 12.1. The molecule has 150 valence electrons. The molecule has 0 radical (unpaired) electrons. The number of pyridine rings is 1. The highest BCUT2D eigenvalue weighted by atomic mass is 16.2. The van der Waals surface area contributed by atoms with Crippen molar-refractivity contribution in [1.82, 2.24) is 30.0 Å². The summed E-state index contributed by atoms with van der Waals surface area (Å²) in [6.07, 6.45) is 3.15. The second-order valence-electron chi connectivity index (χ2n) is 7.13. The molecular weight excluding hydrogens is 380 g/mol. The second kappa shape index (κ2) is 7.79. The van der Waals surface area contributed by atoms with E-state index in [4.69, 9.17) is 0 Å². The van der Waals surface area contributed by atoms with Crippen molar-refractivity contribution >= 4 is 27.8 Å². The quantitative estimate of drug-likeness (QED) is 0.514. The zero-order valence-corrected chi connectivity index (χ0v) is 16.9. The molecule has 1 aromatic carbocycles. The SMILES string of the molecule is Cc1nc2cnc3ccc(C#CCNC(=O)c4ccn[nH]c4=O)cc3c2n1C(C)C. The molecule has 0 bridgehead atoms. The molecule has 1 amide bonds. The van der Waals surface area contributed by atoms with Crippen LogP contribution in [0.5, 0.6) is 0 Å². The van der Waals surface area contributed by atoms with Crippen LogP contribution in [0.2, 0.25) is 0 Å². The second-order valence-corrected chi connectivity index (χ2v) is 7.13. The third-order valence-electron chi connectivity index (χ3n) is 4.75. The molecule has 0 fully saturated rings. The number of fused-ring (bicyclic) bond motifs is 3. The number of carbonyl (C=O) groups excluding carboxylic acids is 1. The van der Waals surface area contributed by atoms with Crippen LogP contribution in [0.3, 0.4) is 0 Å². The number of amides is 1. The summed E-state index contributed by atoms with van der Waals surface area (Å²) in [6.45, 7) is 6.36. The van der Waals surface area contributed by atoms with E-state index in [1.807, 2.05) is 25.1 Å². The van der Waals surface area contributed by atoms with Crippen molar-refractivity contribution in [1.29, 1.82) is 0 Å². The van der Waals surface area contributed by atoms with Crippen LogP contribution in [-0.2, 0) is 0 Å². The van der Waals surface area contributed by atoms with Gasteiger partial charge in [0.2, 0.25) is 0 Å². The van der Waals surface area contributed by atoms with E-state index in [2.05, 4.69) is 55.7 Å². The van der Waals surface area contributed by atoms with Gasteiger partial charge in [0.1, 0.15) is 16.9 Å². The third-order valence-corrected chi connectivity index (χ3v) is 4.75. The van der Waals surface area contributed by atoms with Gasteiger partial charge in [-0.25, -0.2) is 10.1 Å². The first-order valence-electron chi connectivity index (χ1n) is 9.54. The van der Waals surface area contributed by atoms with E-state index in [-0.39, 0.29) is 18.2 Å². The van der Waals surface area contributed by atoms with E-state index in [1.54, 1.807) is 6.20 Å². The van der Waals surface area contributed by atoms with Crippen molar-refractivity contribution < 1.29 is 4.79 Å². The van der Waals surface area contributed by atoms with Crippen LogP contribution in [0.15, 0.2) is 41.5 Å². The number of nitrogens with zero attached hydrogens (tertiary/aromatic N) is 4. The fourth-order valence-corrected chi connectivity index (χ4v) is 3.49. The Balaban J connectivity index is 1.62. The average Bonchev–Trinajstić information content (AvgIpc) is 3.08. The van der Waals surface area contributed by atoms with Crippen LogP contribution in [0.1, 0.15) is 41.6 Å². The lowest BCUT2D eigenvalue weighted by molar-refractivity contribution is 0.0957. The van der Waals surface area contributed by atoms with Crippen molar-refractivity contribution in [2.45, 2.75) is 26.8 Å². The van der Waals surface area contributed by atoms with Gasteiger partial charge in [0.05, 0.1) is 23.8 Å². The minimum Gasteiger partial charge on any atom is -0.341 e. The minimum absolute atomic E-state index is 0.00305. The zero-order valence-electron chi connectivity index (χ0n) is 16.9. The fourth-order valence-electron chi connectivity index (χ4n) is 3.49. The van der Waals surface area contributed by atoms with Gasteiger partial charge in [0.25, 0.3) is 11.5 Å². The van der Waals surface area contributed by atoms with Gasteiger partial charge >= 0.3 is 0 Å². The lowest BCUT2D eigenvalue weighted by Crippen LogP contribution is -2.30. The Bertz CT molecular complexity index is 1390. The van der Waals surface area contributed by atoms with Gasteiger partial charge in [0.15, 0.2) is 0 Å². The highest BCUT2D eigenvalue weighted by molar-refractivity contribution is 6.03. The van der Waals surface area contributed by atoms with Crippen LogP contribution in [0.25, 0.3) is 21.9 Å². The summed E-state index contributed by atoms with van der Waals surface area (Å²) in [6, 6.07) is 7.45. The molecule has 30 heavy (non-hydrogen) atoms. The molecule has 0 spiro atoms. The Morgan fingerprint density at radius 2 is 2.10 bits per heavy atom. The van der Waals surface area contributed by atoms with E-state index in [1.165, 1.54) is 12.3 Å². The van der Waals surface area contributed by atoms with Gasteiger partial charge in [-0.2, -0.15) is 5.10 Å². The minimum atomic E-state index is -0.536. The summed E-state index contributed by atoms with van der Waals surface area (Å²) in [4.78, 5) is 32.8. The van der Waals surface area contributed by atoms with E-state index < -0.39 is 11.5 Å². The number of rotatable bonds is 3. The number of hydrogen-bond donors (Lipinski definition) is 2. The van der Waals surface area contributed by atoms with Crippen LogP contribution in [-0.4, -0.2) is 37.2 Å². The summed E-state index contributed by atoms with van der Waals surface area (Å²) in [5, 5.41) is 9.40. The van der Waals surface area contributed by atoms with Crippen LogP contribution in [0, 0.1) is 18.8 Å². The Morgan fingerprint density at radius 3 is 2.87 bits per heavy atom. The van der Waals surface area contributed by atoms with E-state index in [0.29, 0.717) is 0 Å². The summed E-state index contributed by atoms with van der Waals surface area (Å²) >= 11 is 0. The number of hydrogen-bond acceptors (Lipinski definition) is 5. The van der Waals surface area contributed by atoms with Gasteiger partial charge < -0.3 is 9.88 Å². The number of nitrogens with one attached hydrogen (secondary N) is 2. The molecule has 4 aromatic rings. The van der Waals surface area contributed by atoms with Gasteiger partial charge in [-0.05, 0) is 45.0 Å². The smallest absolute Gasteiger partial charge is 0.277 e. The van der Waals surface area contributed by atoms with Crippen molar-refractivity contribution in [2.24, 2.45) is 0 Å². The van der Waals surface area contributed by atoms with E-state index in [0.717, 1.165) is 33.3 Å². The normalized spacial score (nSPS) is 10.9. The molecule has 0 saturated carbocycles. The first-order valence-corrected chi connectivity index (χ1v) is 9.54. The van der Waals surface area contributed by atoms with Gasteiger partial charge in [0, 0.05) is 23.2 Å². The largest absolute Gasteiger partial charge is 0.341 e. The number of aryl methyl sites for hydroxylation is 1. The fraction of sp³-hybridized carbons (Fsp3) is 0.227. The molecule has 4 rings (SSSR count). The molecule has 2 N–H and O–H groups in total. The number of benzene rings is 1. The summed E-state index contributed by atoms with van der Waals surface area (Å²) in [5.74, 6) is 6.43. The molecule has 0 atom stereocenters. The summed E-state index contributed by atoms with van der Waals surface area (Å²) in [7, 11) is 0. The molecule has 0 aliphatic rings. The average molecular weight is 400 g/mol. The molecular formula is C22H20N6O2. The predicted octanol–water partition coefficient (Wildman–Crippen LogP) is 2.34. The summed E-state index contributed by atoms with van der Waals surface area (Å²) in [5.41, 5.74) is 3.05. The van der Waals surface area contributed by atoms with Crippen molar-refractivity contribution in [3.63, 3.8) is 0 Å². The highest BCUT2D eigenvalue weighted by Crippen LogP contribution is 2.28. The van der Waals surface area contributed by atoms with Crippen LogP contribution >= 0.6 is 0 Å². The van der Waals surface area contributed by atoms with Crippen LogP contribution in [0.4, 0.5) is 0 Å². The van der Waals surface area contributed by atoms with E-state index >= 15 is 0 Å². The predicted molar refractivity (Wildman–Crippen MR) is 114 cm³/mol. The number of H-pyrrole nitrogens is 1. The zero-order chi connectivity index (χ0) is 21.3. The lowest BCUT2D eigenvalue weighted by atomic mass is 10.1. The Kier molecular flexibility index (Phi) is 5.02. The molecule has 3 heterocycles. The topological polar surface area (TPSA) is 106 Å². The molecule has 0 unspecified atom stereocenters. The standard InChI is InChI=1S/C22H20N6O2/c1-13(2)28-14(3)26-19-12-24-18-7-6-15(11-17(18)20(19)28)5-4-9-23-21(29)16-8-10-25-27-22(16)30/h6-8,10-13H,9H2,1-3H3,(H,23,29)(H,27,30). The molecule has 0 aliphatic carbocycles. The van der Waals surface area contributed by atoms with Crippen molar-refractivity contribution in [3.8, 4) is 11.8 Å². The van der Waals surface area contributed by atoms with Gasteiger partial charge in [-0.1, -0.05) is 11.8 Å². The number of aromatic nitrogens is 5. The molecule has 0 saturated heterocycles. The van der Waals surface area contributed by atoms with Gasteiger partial charge in [-0.15, -0.1) is 0 Å². The molecule has 8 heteroatoms. The maximum Gasteiger partial charge on any atom is 0.277 e. The highest BCUT2D eigenvalue weighted by Gasteiger charge is 2.14. The monoisotopic (exact) mass is 400 g/mol. The Morgan fingerprint density at radius 1 is 1.27 bits per heavy atom. The number of aromatic amines is 1. The van der Waals surface area contributed by atoms with Crippen molar-refractivity contribution in [3.05, 3.63) is 64.0 Å². The molecule has 3 aromatic heterocycles. The van der Waals surface area contributed by atoms with Crippen LogP contribution < -0.4 is 10.9 Å². The summed E-state index contributed by atoms with van der Waals surface area (Å²) < 4.78 is 2.20. The third kappa shape index (κ3) is 3.53. The Hall–Kier alpha value is -3.99.